The highest BCUT2D eigenvalue weighted by Gasteiger charge is 2.21. The Bertz CT molecular complexity index is 399. The highest BCUT2D eigenvalue weighted by atomic mass is 16.6. The van der Waals surface area contributed by atoms with E-state index >= 15 is 0 Å². The average molecular weight is 237 g/mol. The molecule has 0 heterocycles. The number of hydrogen-bond acceptors (Lipinski definition) is 4. The molecule has 1 aromatic rings. The molecule has 0 aromatic heterocycles. The molecular formula is C12H15NO4. The molecule has 3 N–H and O–H groups in total. The van der Waals surface area contributed by atoms with Crippen LogP contribution in [-0.2, 0) is 9.53 Å². The maximum atomic E-state index is 11.6. The predicted molar refractivity (Wildman–Crippen MR) is 62.6 cm³/mol. The maximum Gasteiger partial charge on any atom is 0.345 e. The van der Waals surface area contributed by atoms with E-state index in [0.717, 1.165) is 0 Å². The van der Waals surface area contributed by atoms with Gasteiger partial charge in [0.15, 0.2) is 6.10 Å². The third kappa shape index (κ3) is 3.79. The van der Waals surface area contributed by atoms with Gasteiger partial charge in [-0.15, -0.1) is 0 Å². The molecule has 1 rings (SSSR count). The fourth-order valence-corrected chi connectivity index (χ4v) is 1.31. The highest BCUT2D eigenvalue weighted by molar-refractivity contribution is 5.91. The zero-order chi connectivity index (χ0) is 12.8. The third-order valence-electron chi connectivity index (χ3n) is 2.22. The SMILES string of the molecule is CCCC(OC(=O)c1ccc(N)cc1)C(=O)O. The lowest BCUT2D eigenvalue weighted by atomic mass is 10.2. The third-order valence-corrected chi connectivity index (χ3v) is 2.22. The maximum absolute atomic E-state index is 11.6. The smallest absolute Gasteiger partial charge is 0.345 e. The highest BCUT2D eigenvalue weighted by Crippen LogP contribution is 2.10. The summed E-state index contributed by atoms with van der Waals surface area (Å²) in [6, 6.07) is 6.13. The standard InChI is InChI=1S/C12H15NO4/c1-2-3-10(11(14)15)17-12(16)8-4-6-9(13)7-5-8/h4-7,10H,2-3,13H2,1H3,(H,14,15). The van der Waals surface area contributed by atoms with Gasteiger partial charge in [-0.25, -0.2) is 9.59 Å². The number of carbonyl (C=O) groups excluding carboxylic acids is 1. The summed E-state index contributed by atoms with van der Waals surface area (Å²) in [6.45, 7) is 1.83. The van der Waals surface area contributed by atoms with E-state index in [1.54, 1.807) is 12.1 Å². The molecule has 0 fully saturated rings. The Morgan fingerprint density at radius 1 is 1.35 bits per heavy atom. The van der Waals surface area contributed by atoms with E-state index in [-0.39, 0.29) is 0 Å². The van der Waals surface area contributed by atoms with E-state index in [2.05, 4.69) is 0 Å². The van der Waals surface area contributed by atoms with Crippen molar-refractivity contribution in [3.05, 3.63) is 29.8 Å². The van der Waals surface area contributed by atoms with Crippen LogP contribution in [0, 0.1) is 0 Å². The zero-order valence-corrected chi connectivity index (χ0v) is 9.55. The van der Waals surface area contributed by atoms with Crippen LogP contribution in [0.25, 0.3) is 0 Å². The Hall–Kier alpha value is -2.04. The van der Waals surface area contributed by atoms with Crippen LogP contribution < -0.4 is 5.73 Å². The molecule has 1 atom stereocenters. The van der Waals surface area contributed by atoms with Crippen molar-refractivity contribution in [3.63, 3.8) is 0 Å². The van der Waals surface area contributed by atoms with Crippen LogP contribution in [0.3, 0.4) is 0 Å². The van der Waals surface area contributed by atoms with Gasteiger partial charge in [-0.1, -0.05) is 13.3 Å². The first-order valence-corrected chi connectivity index (χ1v) is 5.34. The van der Waals surface area contributed by atoms with E-state index in [1.165, 1.54) is 12.1 Å². The van der Waals surface area contributed by atoms with E-state index in [0.29, 0.717) is 24.1 Å². The number of carboxylic acid groups (broad SMARTS) is 1. The lowest BCUT2D eigenvalue weighted by molar-refractivity contribution is -0.147. The van der Waals surface area contributed by atoms with Crippen LogP contribution >= 0.6 is 0 Å². The van der Waals surface area contributed by atoms with Crippen LogP contribution in [0.2, 0.25) is 0 Å². The second kappa shape index (κ2) is 5.89. The van der Waals surface area contributed by atoms with Crippen molar-refractivity contribution < 1.29 is 19.4 Å². The molecule has 0 radical (unpaired) electrons. The lowest BCUT2D eigenvalue weighted by Crippen LogP contribution is -2.26. The van der Waals surface area contributed by atoms with Gasteiger partial charge in [0.05, 0.1) is 5.56 Å². The number of carboxylic acids is 1. The van der Waals surface area contributed by atoms with E-state index in [9.17, 15) is 9.59 Å². The minimum absolute atomic E-state index is 0.293. The summed E-state index contributed by atoms with van der Waals surface area (Å²) in [5.74, 6) is -1.78. The number of esters is 1. The normalized spacial score (nSPS) is 11.8. The van der Waals surface area contributed by atoms with E-state index in [4.69, 9.17) is 15.6 Å². The van der Waals surface area contributed by atoms with Crippen LogP contribution in [-0.4, -0.2) is 23.1 Å². The molecule has 17 heavy (non-hydrogen) atoms. The number of anilines is 1. The molecule has 0 aliphatic rings. The van der Waals surface area contributed by atoms with Crippen molar-refractivity contribution in [3.8, 4) is 0 Å². The monoisotopic (exact) mass is 237 g/mol. The fraction of sp³-hybridized carbons (Fsp3) is 0.333. The quantitative estimate of drug-likeness (QED) is 0.600. The predicted octanol–water partition coefficient (Wildman–Crippen LogP) is 1.68. The van der Waals surface area contributed by atoms with Crippen LogP contribution in [0.5, 0.6) is 0 Å². The number of benzene rings is 1. The molecule has 92 valence electrons. The number of ether oxygens (including phenoxy) is 1. The largest absolute Gasteiger partial charge is 0.479 e. The molecule has 0 spiro atoms. The number of hydrogen-bond donors (Lipinski definition) is 2. The van der Waals surface area contributed by atoms with Crippen LogP contribution in [0.15, 0.2) is 24.3 Å². The minimum atomic E-state index is -1.13. The second-order valence-electron chi connectivity index (χ2n) is 3.64. The first-order chi connectivity index (χ1) is 8.04. The molecule has 5 nitrogen and oxygen atoms in total. The second-order valence-corrected chi connectivity index (χ2v) is 3.64. The topological polar surface area (TPSA) is 89.6 Å². The van der Waals surface area contributed by atoms with Crippen molar-refractivity contribution in [1.82, 2.24) is 0 Å². The molecule has 1 unspecified atom stereocenters. The summed E-state index contributed by atoms with van der Waals surface area (Å²) >= 11 is 0. The van der Waals surface area contributed by atoms with Gasteiger partial charge in [-0.3, -0.25) is 0 Å². The molecule has 0 aliphatic heterocycles. The van der Waals surface area contributed by atoms with Crippen molar-refractivity contribution in [2.24, 2.45) is 0 Å². The molecule has 0 aliphatic carbocycles. The van der Waals surface area contributed by atoms with Gasteiger partial charge in [-0.05, 0) is 30.7 Å². The number of aliphatic carboxylic acids is 1. The molecule has 0 amide bonds. The summed E-state index contributed by atoms with van der Waals surface area (Å²) in [6.07, 6.45) is -0.160. The van der Waals surface area contributed by atoms with Crippen molar-refractivity contribution in [2.75, 3.05) is 5.73 Å². The van der Waals surface area contributed by atoms with Crippen molar-refractivity contribution in [2.45, 2.75) is 25.9 Å². The van der Waals surface area contributed by atoms with Gasteiger partial charge in [0.25, 0.3) is 0 Å². The summed E-state index contributed by atoms with van der Waals surface area (Å²) in [5.41, 5.74) is 6.30. The Labute approximate surface area is 99.2 Å². The Balaban J connectivity index is 2.70. The number of nitrogens with two attached hydrogens (primary N) is 1. The Morgan fingerprint density at radius 3 is 2.41 bits per heavy atom. The van der Waals surface area contributed by atoms with Crippen LogP contribution in [0.1, 0.15) is 30.1 Å². The molecule has 0 saturated heterocycles. The Morgan fingerprint density at radius 2 is 1.94 bits per heavy atom. The molecule has 0 saturated carbocycles. The van der Waals surface area contributed by atoms with Gasteiger partial charge in [-0.2, -0.15) is 0 Å². The van der Waals surface area contributed by atoms with E-state index in [1.807, 2.05) is 6.92 Å². The van der Waals surface area contributed by atoms with E-state index < -0.39 is 18.0 Å². The molecule has 0 bridgehead atoms. The number of carbonyl (C=O) groups is 2. The lowest BCUT2D eigenvalue weighted by Gasteiger charge is -2.12. The van der Waals surface area contributed by atoms with Crippen LogP contribution in [0.4, 0.5) is 5.69 Å². The summed E-state index contributed by atoms with van der Waals surface area (Å²) in [7, 11) is 0. The minimum Gasteiger partial charge on any atom is -0.479 e. The fourth-order valence-electron chi connectivity index (χ4n) is 1.31. The van der Waals surface area contributed by atoms with Gasteiger partial charge in [0, 0.05) is 5.69 Å². The summed E-state index contributed by atoms with van der Waals surface area (Å²) in [4.78, 5) is 22.4. The molecule has 5 heteroatoms. The van der Waals surface area contributed by atoms with Gasteiger partial charge >= 0.3 is 11.9 Å². The van der Waals surface area contributed by atoms with Gasteiger partial charge < -0.3 is 15.6 Å². The number of nitrogen functional groups attached to an aromatic ring is 1. The van der Waals surface area contributed by atoms with Gasteiger partial charge in [0.2, 0.25) is 0 Å². The van der Waals surface area contributed by atoms with Crippen molar-refractivity contribution >= 4 is 17.6 Å². The molecular weight excluding hydrogens is 222 g/mol. The van der Waals surface area contributed by atoms with Crippen molar-refractivity contribution in [1.29, 1.82) is 0 Å². The summed E-state index contributed by atoms with van der Waals surface area (Å²) < 4.78 is 4.90. The average Bonchev–Trinajstić information content (AvgIpc) is 2.29. The molecule has 1 aromatic carbocycles. The first kappa shape index (κ1) is 13.0. The Kier molecular flexibility index (Phi) is 4.51. The summed E-state index contributed by atoms with van der Waals surface area (Å²) in [5, 5.41) is 8.85. The van der Waals surface area contributed by atoms with Gasteiger partial charge in [0.1, 0.15) is 0 Å². The first-order valence-electron chi connectivity index (χ1n) is 5.34. The zero-order valence-electron chi connectivity index (χ0n) is 9.55. The number of rotatable bonds is 5.